The minimum Gasteiger partial charge on any atom is -0.340 e. The van der Waals surface area contributed by atoms with E-state index in [0.717, 1.165) is 5.56 Å². The number of hydrogen-bond acceptors (Lipinski definition) is 5. The fourth-order valence-corrected chi connectivity index (χ4v) is 1.87. The van der Waals surface area contributed by atoms with Crippen molar-refractivity contribution in [2.75, 3.05) is 10.7 Å². The van der Waals surface area contributed by atoms with Crippen molar-refractivity contribution in [2.24, 2.45) is 5.84 Å². The molecule has 2 aromatic rings. The number of nitrogens with zero attached hydrogens (tertiary/aromatic N) is 2. The smallest absolute Gasteiger partial charge is 0.148 e. The summed E-state index contributed by atoms with van der Waals surface area (Å²) in [6.07, 6.45) is 2.08. The van der Waals surface area contributed by atoms with Gasteiger partial charge < -0.3 is 10.7 Å². The molecule has 2 rings (SSSR count). The molecule has 0 aliphatic rings. The van der Waals surface area contributed by atoms with Crippen LogP contribution in [0.1, 0.15) is 12.5 Å². The lowest BCUT2D eigenvalue weighted by molar-refractivity contribution is 0.628. The Morgan fingerprint density at radius 2 is 2.05 bits per heavy atom. The molecule has 0 aliphatic carbocycles. The Morgan fingerprint density at radius 1 is 1.32 bits per heavy atom. The third-order valence-electron chi connectivity index (χ3n) is 2.62. The third-order valence-corrected chi connectivity index (χ3v) is 2.91. The van der Waals surface area contributed by atoms with Crippen LogP contribution < -0.4 is 16.6 Å². The molecule has 1 heterocycles. The molecule has 0 amide bonds. The van der Waals surface area contributed by atoms with E-state index < -0.39 is 5.82 Å². The summed E-state index contributed by atoms with van der Waals surface area (Å²) in [6.45, 7) is 1.96. The number of hydrazine groups is 1. The zero-order valence-electron chi connectivity index (χ0n) is 10.2. The summed E-state index contributed by atoms with van der Waals surface area (Å²) < 4.78 is 13.1. The van der Waals surface area contributed by atoms with Crippen LogP contribution in [0.15, 0.2) is 24.5 Å². The van der Waals surface area contributed by atoms with Crippen LogP contribution in [0.3, 0.4) is 0 Å². The second-order valence-electron chi connectivity index (χ2n) is 3.80. The number of hydrogen-bond donors (Lipinski definition) is 3. The first-order valence-corrected chi connectivity index (χ1v) is 6.06. The van der Waals surface area contributed by atoms with Crippen LogP contribution in [0, 0.1) is 5.82 Å². The number of nitrogens with two attached hydrogens (primary N) is 1. The van der Waals surface area contributed by atoms with Crippen molar-refractivity contribution < 1.29 is 4.39 Å². The second kappa shape index (κ2) is 5.81. The van der Waals surface area contributed by atoms with E-state index in [4.69, 9.17) is 17.4 Å². The van der Waals surface area contributed by atoms with E-state index in [9.17, 15) is 4.39 Å². The maximum Gasteiger partial charge on any atom is 0.148 e. The van der Waals surface area contributed by atoms with Crippen LogP contribution >= 0.6 is 11.6 Å². The Kier molecular flexibility index (Phi) is 4.13. The first-order valence-electron chi connectivity index (χ1n) is 5.68. The van der Waals surface area contributed by atoms with Crippen molar-refractivity contribution in [3.8, 4) is 0 Å². The molecule has 7 heteroatoms. The summed E-state index contributed by atoms with van der Waals surface area (Å²) >= 11 is 5.73. The van der Waals surface area contributed by atoms with E-state index in [1.54, 1.807) is 6.07 Å². The van der Waals surface area contributed by atoms with Gasteiger partial charge in [-0.25, -0.2) is 20.2 Å². The highest BCUT2D eigenvalue weighted by Crippen LogP contribution is 2.26. The molecular formula is C12H13ClFN5. The SMILES string of the molecule is CCc1c(NN)ncnc1Nc1ccc(F)c(Cl)c1. The lowest BCUT2D eigenvalue weighted by atomic mass is 10.2. The highest BCUT2D eigenvalue weighted by Gasteiger charge is 2.09. The molecule has 0 saturated carbocycles. The second-order valence-corrected chi connectivity index (χ2v) is 4.21. The van der Waals surface area contributed by atoms with E-state index in [-0.39, 0.29) is 5.02 Å². The molecule has 0 saturated heterocycles. The molecule has 0 fully saturated rings. The van der Waals surface area contributed by atoms with Gasteiger partial charge in [0.1, 0.15) is 23.8 Å². The number of nitrogens with one attached hydrogen (secondary N) is 2. The quantitative estimate of drug-likeness (QED) is 0.593. The number of benzene rings is 1. The molecule has 0 unspecified atom stereocenters. The normalized spacial score (nSPS) is 10.3. The zero-order valence-corrected chi connectivity index (χ0v) is 11.0. The standard InChI is InChI=1S/C12H13ClFN5/c1-2-8-11(16-6-17-12(8)19-15)18-7-3-4-10(14)9(13)5-7/h3-6H,2,15H2,1H3,(H2,16,17,18,19). The van der Waals surface area contributed by atoms with Gasteiger partial charge in [-0.05, 0) is 24.6 Å². The van der Waals surface area contributed by atoms with Gasteiger partial charge >= 0.3 is 0 Å². The number of halogens is 2. The fourth-order valence-electron chi connectivity index (χ4n) is 1.69. The average Bonchev–Trinajstić information content (AvgIpc) is 2.42. The van der Waals surface area contributed by atoms with Crippen molar-refractivity contribution in [3.63, 3.8) is 0 Å². The molecular weight excluding hydrogens is 269 g/mol. The van der Waals surface area contributed by atoms with Crippen molar-refractivity contribution in [1.82, 2.24) is 9.97 Å². The molecule has 19 heavy (non-hydrogen) atoms. The summed E-state index contributed by atoms with van der Waals surface area (Å²) in [5.41, 5.74) is 4.00. The van der Waals surface area contributed by atoms with Gasteiger partial charge in [0.2, 0.25) is 0 Å². The molecule has 4 N–H and O–H groups in total. The molecule has 0 radical (unpaired) electrons. The molecule has 0 spiro atoms. The summed E-state index contributed by atoms with van der Waals surface area (Å²) in [7, 11) is 0. The highest BCUT2D eigenvalue weighted by molar-refractivity contribution is 6.31. The van der Waals surface area contributed by atoms with Crippen molar-refractivity contribution in [2.45, 2.75) is 13.3 Å². The Labute approximate surface area is 115 Å². The molecule has 100 valence electrons. The van der Waals surface area contributed by atoms with Crippen molar-refractivity contribution in [3.05, 3.63) is 40.9 Å². The number of anilines is 3. The van der Waals surface area contributed by atoms with E-state index in [1.807, 2.05) is 6.92 Å². The first-order chi connectivity index (χ1) is 9.15. The number of aromatic nitrogens is 2. The largest absolute Gasteiger partial charge is 0.340 e. The van der Waals surface area contributed by atoms with Gasteiger partial charge in [0.05, 0.1) is 5.02 Å². The third kappa shape index (κ3) is 2.91. The predicted octanol–water partition coefficient (Wildman–Crippen LogP) is 2.86. The monoisotopic (exact) mass is 281 g/mol. The van der Waals surface area contributed by atoms with Gasteiger partial charge in [-0.3, -0.25) is 0 Å². The van der Waals surface area contributed by atoms with Crippen LogP contribution in [-0.2, 0) is 6.42 Å². The average molecular weight is 282 g/mol. The zero-order chi connectivity index (χ0) is 13.8. The van der Waals surface area contributed by atoms with Crippen molar-refractivity contribution in [1.29, 1.82) is 0 Å². The van der Waals surface area contributed by atoms with E-state index in [0.29, 0.717) is 23.7 Å². The van der Waals surface area contributed by atoms with Crippen LogP contribution in [0.4, 0.5) is 21.7 Å². The summed E-state index contributed by atoms with van der Waals surface area (Å²) in [6, 6.07) is 4.37. The number of rotatable bonds is 4. The van der Waals surface area contributed by atoms with Gasteiger partial charge in [0.15, 0.2) is 0 Å². The van der Waals surface area contributed by atoms with Crippen LogP contribution in [0.5, 0.6) is 0 Å². The molecule has 5 nitrogen and oxygen atoms in total. The van der Waals surface area contributed by atoms with Gasteiger partial charge in [0, 0.05) is 11.3 Å². The van der Waals surface area contributed by atoms with E-state index >= 15 is 0 Å². The number of nitrogen functional groups attached to an aromatic ring is 1. The summed E-state index contributed by atoms with van der Waals surface area (Å²) in [5.74, 6) is 6.08. The lowest BCUT2D eigenvalue weighted by Crippen LogP contribution is -2.13. The van der Waals surface area contributed by atoms with Crippen LogP contribution in [0.25, 0.3) is 0 Å². The summed E-state index contributed by atoms with van der Waals surface area (Å²) in [5, 5.41) is 3.12. The van der Waals surface area contributed by atoms with Crippen molar-refractivity contribution >= 4 is 28.9 Å². The minimum absolute atomic E-state index is 0.0503. The Bertz CT molecular complexity index is 590. The van der Waals surface area contributed by atoms with Crippen LogP contribution in [0.2, 0.25) is 5.02 Å². The summed E-state index contributed by atoms with van der Waals surface area (Å²) in [4.78, 5) is 8.18. The maximum absolute atomic E-state index is 13.1. The predicted molar refractivity (Wildman–Crippen MR) is 73.9 cm³/mol. The van der Waals surface area contributed by atoms with Crippen LogP contribution in [-0.4, -0.2) is 9.97 Å². The molecule has 0 aliphatic heterocycles. The maximum atomic E-state index is 13.1. The molecule has 1 aromatic carbocycles. The van der Waals surface area contributed by atoms with E-state index in [1.165, 1.54) is 18.5 Å². The van der Waals surface area contributed by atoms with Gasteiger partial charge in [-0.2, -0.15) is 0 Å². The lowest BCUT2D eigenvalue weighted by Gasteiger charge is -2.12. The Balaban J connectivity index is 2.35. The highest BCUT2D eigenvalue weighted by atomic mass is 35.5. The van der Waals surface area contributed by atoms with E-state index in [2.05, 4.69) is 20.7 Å². The van der Waals surface area contributed by atoms with Gasteiger partial charge in [0.25, 0.3) is 0 Å². The fraction of sp³-hybridized carbons (Fsp3) is 0.167. The molecule has 0 atom stereocenters. The Hall–Kier alpha value is -1.92. The van der Waals surface area contributed by atoms with Gasteiger partial charge in [-0.1, -0.05) is 18.5 Å². The molecule has 1 aromatic heterocycles. The first kappa shape index (κ1) is 13.5. The molecule has 0 bridgehead atoms. The topological polar surface area (TPSA) is 75.9 Å². The van der Waals surface area contributed by atoms with Gasteiger partial charge in [-0.15, -0.1) is 0 Å². The Morgan fingerprint density at radius 3 is 2.68 bits per heavy atom. The minimum atomic E-state index is -0.463.